The molecule has 0 unspecified atom stereocenters. The summed E-state index contributed by atoms with van der Waals surface area (Å²) in [6.45, 7) is 3.08. The molecule has 0 saturated heterocycles. The number of rotatable bonds is 9. The van der Waals surface area contributed by atoms with Crippen molar-refractivity contribution in [2.45, 2.75) is 45.4 Å². The maximum Gasteiger partial charge on any atom is 0.119 e. The largest absolute Gasteiger partial charge is 0.494 e. The SMILES string of the molecule is CCCCCCCCOc1ccc(-c2ccc(I)cc2)cc1. The van der Waals surface area contributed by atoms with Gasteiger partial charge in [0.2, 0.25) is 0 Å². The highest BCUT2D eigenvalue weighted by atomic mass is 127. The average molecular weight is 408 g/mol. The smallest absolute Gasteiger partial charge is 0.119 e. The standard InChI is InChI=1S/C20H25IO/c1-2-3-4-5-6-7-16-22-20-14-10-18(11-15-20)17-8-12-19(21)13-9-17/h8-15H,2-7,16H2,1H3. The van der Waals surface area contributed by atoms with Gasteiger partial charge in [-0.15, -0.1) is 0 Å². The summed E-state index contributed by atoms with van der Waals surface area (Å²) in [6.07, 6.45) is 7.80. The Hall–Kier alpha value is -1.03. The van der Waals surface area contributed by atoms with Gasteiger partial charge in [-0.2, -0.15) is 0 Å². The van der Waals surface area contributed by atoms with Gasteiger partial charge in [0.1, 0.15) is 5.75 Å². The Morgan fingerprint density at radius 1 is 0.727 bits per heavy atom. The maximum absolute atomic E-state index is 5.82. The van der Waals surface area contributed by atoms with Crippen LogP contribution in [0, 0.1) is 3.57 Å². The minimum Gasteiger partial charge on any atom is -0.494 e. The third-order valence-corrected chi connectivity index (χ3v) is 4.52. The molecule has 2 rings (SSSR count). The van der Waals surface area contributed by atoms with Crippen LogP contribution in [-0.2, 0) is 0 Å². The van der Waals surface area contributed by atoms with Gasteiger partial charge in [0.05, 0.1) is 6.61 Å². The van der Waals surface area contributed by atoms with Gasteiger partial charge in [0.25, 0.3) is 0 Å². The van der Waals surface area contributed by atoms with Gasteiger partial charge in [0, 0.05) is 3.57 Å². The lowest BCUT2D eigenvalue weighted by atomic mass is 10.1. The first-order valence-electron chi connectivity index (χ1n) is 8.28. The van der Waals surface area contributed by atoms with Gasteiger partial charge >= 0.3 is 0 Å². The third-order valence-electron chi connectivity index (χ3n) is 3.80. The fraction of sp³-hybridized carbons (Fsp3) is 0.400. The molecular weight excluding hydrogens is 383 g/mol. The summed E-state index contributed by atoms with van der Waals surface area (Å²) in [7, 11) is 0. The molecule has 0 atom stereocenters. The molecule has 118 valence electrons. The van der Waals surface area contributed by atoms with E-state index in [9.17, 15) is 0 Å². The molecule has 0 aliphatic rings. The van der Waals surface area contributed by atoms with Crippen LogP contribution in [0.1, 0.15) is 45.4 Å². The topological polar surface area (TPSA) is 9.23 Å². The van der Waals surface area contributed by atoms with E-state index in [-0.39, 0.29) is 0 Å². The zero-order valence-electron chi connectivity index (χ0n) is 13.4. The monoisotopic (exact) mass is 408 g/mol. The van der Waals surface area contributed by atoms with Gasteiger partial charge in [-0.1, -0.05) is 63.3 Å². The fourth-order valence-corrected chi connectivity index (χ4v) is 2.82. The summed E-state index contributed by atoms with van der Waals surface area (Å²) in [5, 5.41) is 0. The van der Waals surface area contributed by atoms with Crippen LogP contribution in [0.5, 0.6) is 5.75 Å². The quantitative estimate of drug-likeness (QED) is 0.332. The Labute approximate surface area is 148 Å². The van der Waals surface area contributed by atoms with Crippen LogP contribution < -0.4 is 4.74 Å². The van der Waals surface area contributed by atoms with Crippen LogP contribution in [-0.4, -0.2) is 6.61 Å². The van der Waals surface area contributed by atoms with E-state index in [2.05, 4.69) is 78.0 Å². The van der Waals surface area contributed by atoms with E-state index in [1.807, 2.05) is 0 Å². The Kier molecular flexibility index (Phi) is 7.78. The third kappa shape index (κ3) is 5.99. The van der Waals surface area contributed by atoms with Crippen LogP contribution >= 0.6 is 22.6 Å². The molecule has 1 nitrogen and oxygen atoms in total. The molecule has 0 heterocycles. The number of hydrogen-bond acceptors (Lipinski definition) is 1. The Balaban J connectivity index is 1.74. The molecule has 2 heteroatoms. The number of unbranched alkanes of at least 4 members (excludes halogenated alkanes) is 5. The van der Waals surface area contributed by atoms with Crippen molar-refractivity contribution in [3.63, 3.8) is 0 Å². The zero-order valence-corrected chi connectivity index (χ0v) is 15.5. The van der Waals surface area contributed by atoms with Gasteiger partial charge in [-0.3, -0.25) is 0 Å². The van der Waals surface area contributed by atoms with Crippen molar-refractivity contribution < 1.29 is 4.74 Å². The van der Waals surface area contributed by atoms with Crippen LogP contribution in [0.3, 0.4) is 0 Å². The first-order valence-corrected chi connectivity index (χ1v) is 9.36. The first-order chi connectivity index (χ1) is 10.8. The molecule has 0 amide bonds. The lowest BCUT2D eigenvalue weighted by Gasteiger charge is -2.07. The van der Waals surface area contributed by atoms with E-state index in [1.165, 1.54) is 46.8 Å². The van der Waals surface area contributed by atoms with E-state index in [4.69, 9.17) is 4.74 Å². The minimum atomic E-state index is 0.828. The van der Waals surface area contributed by atoms with Crippen molar-refractivity contribution in [2.75, 3.05) is 6.61 Å². The van der Waals surface area contributed by atoms with Gasteiger partial charge in [0.15, 0.2) is 0 Å². The molecule has 0 spiro atoms. The van der Waals surface area contributed by atoms with E-state index >= 15 is 0 Å². The van der Waals surface area contributed by atoms with Crippen LogP contribution in [0.2, 0.25) is 0 Å². The molecule has 2 aromatic carbocycles. The summed E-state index contributed by atoms with van der Waals surface area (Å²) in [5.41, 5.74) is 2.49. The summed E-state index contributed by atoms with van der Waals surface area (Å²) < 4.78 is 7.09. The molecule has 0 bridgehead atoms. The van der Waals surface area contributed by atoms with Crippen molar-refractivity contribution >= 4 is 22.6 Å². The van der Waals surface area contributed by atoms with Crippen molar-refractivity contribution in [1.82, 2.24) is 0 Å². The summed E-state index contributed by atoms with van der Waals surface area (Å²) in [4.78, 5) is 0. The fourth-order valence-electron chi connectivity index (χ4n) is 2.46. The van der Waals surface area contributed by atoms with Crippen molar-refractivity contribution in [3.05, 3.63) is 52.1 Å². The lowest BCUT2D eigenvalue weighted by Crippen LogP contribution is -1.97. The molecule has 0 saturated carbocycles. The molecular formula is C20H25IO. The van der Waals surface area contributed by atoms with Crippen LogP contribution in [0.15, 0.2) is 48.5 Å². The van der Waals surface area contributed by atoms with E-state index in [1.54, 1.807) is 0 Å². The van der Waals surface area contributed by atoms with Crippen molar-refractivity contribution in [3.8, 4) is 16.9 Å². The highest BCUT2D eigenvalue weighted by molar-refractivity contribution is 14.1. The molecule has 0 aliphatic carbocycles. The second-order valence-corrected chi connectivity index (χ2v) is 6.89. The first kappa shape index (κ1) is 17.3. The van der Waals surface area contributed by atoms with E-state index < -0.39 is 0 Å². The predicted molar refractivity (Wildman–Crippen MR) is 103 cm³/mol. The van der Waals surface area contributed by atoms with Crippen molar-refractivity contribution in [1.29, 1.82) is 0 Å². The number of halogens is 1. The summed E-state index contributed by atoms with van der Waals surface area (Å²) in [5.74, 6) is 0.975. The van der Waals surface area contributed by atoms with E-state index in [0.717, 1.165) is 18.8 Å². The molecule has 0 radical (unpaired) electrons. The normalized spacial score (nSPS) is 10.6. The average Bonchev–Trinajstić information content (AvgIpc) is 2.55. The minimum absolute atomic E-state index is 0.828. The number of ether oxygens (including phenoxy) is 1. The Bertz CT molecular complexity index is 531. The van der Waals surface area contributed by atoms with Crippen LogP contribution in [0.25, 0.3) is 11.1 Å². The van der Waals surface area contributed by atoms with Gasteiger partial charge in [-0.25, -0.2) is 0 Å². The molecule has 2 aromatic rings. The van der Waals surface area contributed by atoms with Gasteiger partial charge < -0.3 is 4.74 Å². The van der Waals surface area contributed by atoms with E-state index in [0.29, 0.717) is 0 Å². The highest BCUT2D eigenvalue weighted by Gasteiger charge is 1.99. The molecule has 0 fully saturated rings. The summed E-state index contributed by atoms with van der Waals surface area (Å²) >= 11 is 2.33. The molecule has 0 N–H and O–H groups in total. The maximum atomic E-state index is 5.82. The van der Waals surface area contributed by atoms with Gasteiger partial charge in [-0.05, 0) is 64.4 Å². The Morgan fingerprint density at radius 3 is 1.91 bits per heavy atom. The van der Waals surface area contributed by atoms with Crippen LogP contribution in [0.4, 0.5) is 0 Å². The molecule has 0 aliphatic heterocycles. The summed E-state index contributed by atoms with van der Waals surface area (Å²) in [6, 6.07) is 17.0. The Morgan fingerprint density at radius 2 is 1.27 bits per heavy atom. The highest BCUT2D eigenvalue weighted by Crippen LogP contribution is 2.23. The second-order valence-electron chi connectivity index (χ2n) is 5.65. The zero-order chi connectivity index (χ0) is 15.6. The predicted octanol–water partition coefficient (Wildman–Crippen LogP) is 6.70. The lowest BCUT2D eigenvalue weighted by molar-refractivity contribution is 0.304. The molecule has 22 heavy (non-hydrogen) atoms. The van der Waals surface area contributed by atoms with Crippen molar-refractivity contribution in [2.24, 2.45) is 0 Å². The number of hydrogen-bond donors (Lipinski definition) is 0. The second kappa shape index (κ2) is 9.88. The number of benzene rings is 2. The molecule has 0 aromatic heterocycles.